The largest absolute Gasteiger partial charge is 0.355 e. The van der Waals surface area contributed by atoms with E-state index < -0.39 is 0 Å². The van der Waals surface area contributed by atoms with Gasteiger partial charge in [0.2, 0.25) is 5.91 Å². The summed E-state index contributed by atoms with van der Waals surface area (Å²) in [5.41, 5.74) is 1.67. The number of fused-ring (bicyclic) bond motifs is 1. The molecule has 0 unspecified atom stereocenters. The van der Waals surface area contributed by atoms with Gasteiger partial charge in [-0.3, -0.25) is 4.79 Å². The van der Waals surface area contributed by atoms with Gasteiger partial charge >= 0.3 is 0 Å². The summed E-state index contributed by atoms with van der Waals surface area (Å²) in [4.78, 5) is 19.1. The van der Waals surface area contributed by atoms with Crippen molar-refractivity contribution in [2.45, 2.75) is 25.4 Å². The first-order valence-corrected chi connectivity index (χ1v) is 8.53. The summed E-state index contributed by atoms with van der Waals surface area (Å²) >= 11 is 0. The van der Waals surface area contributed by atoms with Crippen LogP contribution in [0.25, 0.3) is 11.0 Å². The summed E-state index contributed by atoms with van der Waals surface area (Å²) < 4.78 is 1.64. The molecule has 0 spiro atoms. The van der Waals surface area contributed by atoms with E-state index in [0.717, 1.165) is 42.8 Å². The Morgan fingerprint density at radius 3 is 2.96 bits per heavy atom. The number of hydrogen-bond donors (Lipinski definition) is 1. The summed E-state index contributed by atoms with van der Waals surface area (Å²) in [5.74, 6) is 0.923. The number of para-hydroxylation sites is 1. The van der Waals surface area contributed by atoms with Gasteiger partial charge < -0.3 is 10.2 Å². The molecular formula is C18H20N6O. The zero-order valence-electron chi connectivity index (χ0n) is 13.9. The standard InChI is InChI=1S/C18H20N6O/c25-18(13-24-16-8-2-1-7-15(16)21-22-24)20-14-6-5-11-23(12-14)17-9-3-4-10-19-17/h1-4,7-10,14H,5-6,11-13H2,(H,20,25)/t14-/m0/s1. The van der Waals surface area contributed by atoms with E-state index in [9.17, 15) is 4.79 Å². The summed E-state index contributed by atoms with van der Waals surface area (Å²) in [7, 11) is 0. The number of nitrogens with zero attached hydrogens (tertiary/aromatic N) is 5. The predicted molar refractivity (Wildman–Crippen MR) is 95.1 cm³/mol. The number of pyridine rings is 1. The molecule has 1 aliphatic heterocycles. The minimum atomic E-state index is -0.0384. The Morgan fingerprint density at radius 1 is 1.20 bits per heavy atom. The van der Waals surface area contributed by atoms with Gasteiger partial charge in [-0.05, 0) is 37.1 Å². The van der Waals surface area contributed by atoms with Crippen molar-refractivity contribution in [3.8, 4) is 0 Å². The number of carbonyl (C=O) groups excluding carboxylic acids is 1. The van der Waals surface area contributed by atoms with Gasteiger partial charge in [-0.25, -0.2) is 9.67 Å². The maximum Gasteiger partial charge on any atom is 0.242 e. The number of anilines is 1. The van der Waals surface area contributed by atoms with Gasteiger partial charge in [0.1, 0.15) is 17.9 Å². The number of benzene rings is 1. The van der Waals surface area contributed by atoms with Crippen molar-refractivity contribution < 1.29 is 4.79 Å². The number of nitrogens with one attached hydrogen (secondary N) is 1. The van der Waals surface area contributed by atoms with Crippen molar-refractivity contribution in [3.63, 3.8) is 0 Å². The monoisotopic (exact) mass is 336 g/mol. The predicted octanol–water partition coefficient (Wildman–Crippen LogP) is 1.61. The van der Waals surface area contributed by atoms with Crippen molar-refractivity contribution in [1.82, 2.24) is 25.3 Å². The fraction of sp³-hybridized carbons (Fsp3) is 0.333. The Morgan fingerprint density at radius 2 is 2.08 bits per heavy atom. The quantitative estimate of drug-likeness (QED) is 0.783. The first kappa shape index (κ1) is 15.6. The van der Waals surface area contributed by atoms with Crippen molar-refractivity contribution >= 4 is 22.8 Å². The molecule has 1 aromatic carbocycles. The van der Waals surface area contributed by atoms with Gasteiger partial charge in [-0.15, -0.1) is 5.10 Å². The average molecular weight is 336 g/mol. The Kier molecular flexibility index (Phi) is 4.28. The highest BCUT2D eigenvalue weighted by Crippen LogP contribution is 2.17. The second kappa shape index (κ2) is 6.88. The molecule has 1 amide bonds. The number of carbonyl (C=O) groups is 1. The molecule has 0 saturated carbocycles. The van der Waals surface area contributed by atoms with Crippen molar-refractivity contribution in [3.05, 3.63) is 48.7 Å². The fourth-order valence-corrected chi connectivity index (χ4v) is 3.29. The highest BCUT2D eigenvalue weighted by molar-refractivity contribution is 5.80. The second-order valence-electron chi connectivity index (χ2n) is 6.28. The van der Waals surface area contributed by atoms with E-state index in [2.05, 4.69) is 25.5 Å². The Balaban J connectivity index is 1.39. The third kappa shape index (κ3) is 3.45. The number of hydrogen-bond acceptors (Lipinski definition) is 5. The van der Waals surface area contributed by atoms with Gasteiger partial charge in [-0.2, -0.15) is 0 Å². The maximum absolute atomic E-state index is 12.4. The first-order chi connectivity index (χ1) is 12.3. The summed E-state index contributed by atoms with van der Waals surface area (Å²) in [5, 5.41) is 11.3. The summed E-state index contributed by atoms with van der Waals surface area (Å²) in [6, 6.07) is 13.7. The van der Waals surface area contributed by atoms with Crippen LogP contribution in [0.2, 0.25) is 0 Å². The van der Waals surface area contributed by atoms with E-state index >= 15 is 0 Å². The molecule has 3 heterocycles. The Labute approximate surface area is 145 Å². The van der Waals surface area contributed by atoms with Crippen LogP contribution in [0.1, 0.15) is 12.8 Å². The second-order valence-corrected chi connectivity index (χ2v) is 6.28. The topological polar surface area (TPSA) is 75.9 Å². The summed E-state index contributed by atoms with van der Waals surface area (Å²) in [6.07, 6.45) is 3.81. The average Bonchev–Trinajstić information content (AvgIpc) is 3.06. The minimum Gasteiger partial charge on any atom is -0.355 e. The van der Waals surface area contributed by atoms with Gasteiger partial charge in [0.15, 0.2) is 0 Å². The molecule has 1 fully saturated rings. The van der Waals surface area contributed by atoms with E-state index in [1.54, 1.807) is 10.9 Å². The van der Waals surface area contributed by atoms with Crippen LogP contribution in [0, 0.1) is 0 Å². The molecule has 0 bridgehead atoms. The Hall–Kier alpha value is -2.96. The Bertz CT molecular complexity index is 862. The molecule has 0 radical (unpaired) electrons. The van der Waals surface area contributed by atoms with Crippen molar-refractivity contribution in [2.75, 3.05) is 18.0 Å². The SMILES string of the molecule is O=C(Cn1nnc2ccccc21)N[C@H]1CCCN(c2ccccn2)C1. The molecule has 7 heteroatoms. The van der Waals surface area contributed by atoms with Crippen molar-refractivity contribution in [2.24, 2.45) is 0 Å². The minimum absolute atomic E-state index is 0.0384. The van der Waals surface area contributed by atoms with Crippen LogP contribution < -0.4 is 10.2 Å². The normalized spacial score (nSPS) is 17.6. The first-order valence-electron chi connectivity index (χ1n) is 8.53. The molecule has 1 aliphatic rings. The van der Waals surface area contributed by atoms with Crippen LogP contribution in [0.4, 0.5) is 5.82 Å². The fourth-order valence-electron chi connectivity index (χ4n) is 3.29. The molecule has 4 rings (SSSR count). The van der Waals surface area contributed by atoms with Gasteiger partial charge in [0.05, 0.1) is 5.52 Å². The van der Waals surface area contributed by atoms with E-state index in [1.807, 2.05) is 42.5 Å². The zero-order valence-corrected chi connectivity index (χ0v) is 13.9. The lowest BCUT2D eigenvalue weighted by Gasteiger charge is -2.33. The van der Waals surface area contributed by atoms with E-state index in [4.69, 9.17) is 0 Å². The molecular weight excluding hydrogens is 316 g/mol. The highest BCUT2D eigenvalue weighted by atomic mass is 16.2. The molecule has 25 heavy (non-hydrogen) atoms. The number of amides is 1. The third-order valence-electron chi connectivity index (χ3n) is 4.47. The van der Waals surface area contributed by atoms with Crippen molar-refractivity contribution in [1.29, 1.82) is 0 Å². The van der Waals surface area contributed by atoms with E-state index in [0.29, 0.717) is 0 Å². The van der Waals surface area contributed by atoms with Gasteiger partial charge in [-0.1, -0.05) is 23.4 Å². The maximum atomic E-state index is 12.4. The van der Waals surface area contributed by atoms with Crippen LogP contribution in [0.3, 0.4) is 0 Å². The molecule has 1 saturated heterocycles. The van der Waals surface area contributed by atoms with Crippen LogP contribution in [-0.4, -0.2) is 45.0 Å². The van der Waals surface area contributed by atoms with E-state index in [1.165, 1.54) is 0 Å². The molecule has 0 aliphatic carbocycles. The molecule has 1 N–H and O–H groups in total. The van der Waals surface area contributed by atoms with Crippen LogP contribution in [-0.2, 0) is 11.3 Å². The third-order valence-corrected chi connectivity index (χ3v) is 4.47. The molecule has 128 valence electrons. The lowest BCUT2D eigenvalue weighted by Crippen LogP contribution is -2.48. The zero-order chi connectivity index (χ0) is 17.1. The van der Waals surface area contributed by atoms with Gasteiger partial charge in [0, 0.05) is 25.3 Å². The lowest BCUT2D eigenvalue weighted by atomic mass is 10.1. The smallest absolute Gasteiger partial charge is 0.242 e. The molecule has 2 aromatic heterocycles. The number of rotatable bonds is 4. The molecule has 3 aromatic rings. The summed E-state index contributed by atoms with van der Waals surface area (Å²) in [6.45, 7) is 1.93. The highest BCUT2D eigenvalue weighted by Gasteiger charge is 2.22. The van der Waals surface area contributed by atoms with E-state index in [-0.39, 0.29) is 18.5 Å². The van der Waals surface area contributed by atoms with Crippen LogP contribution >= 0.6 is 0 Å². The van der Waals surface area contributed by atoms with Gasteiger partial charge in [0.25, 0.3) is 0 Å². The molecule has 1 atom stereocenters. The molecule has 7 nitrogen and oxygen atoms in total. The number of piperidine rings is 1. The lowest BCUT2D eigenvalue weighted by molar-refractivity contribution is -0.122. The van der Waals surface area contributed by atoms with Crippen LogP contribution in [0.15, 0.2) is 48.7 Å². The number of aromatic nitrogens is 4. The van der Waals surface area contributed by atoms with Crippen LogP contribution in [0.5, 0.6) is 0 Å².